The molecule has 110 valence electrons. The van der Waals surface area contributed by atoms with E-state index in [-0.39, 0.29) is 6.03 Å². The van der Waals surface area contributed by atoms with Gasteiger partial charge in [-0.15, -0.1) is 0 Å². The van der Waals surface area contributed by atoms with Crippen LogP contribution in [0.4, 0.5) is 10.6 Å². The van der Waals surface area contributed by atoms with Crippen molar-refractivity contribution in [3.8, 4) is 0 Å². The van der Waals surface area contributed by atoms with Gasteiger partial charge in [0.05, 0.1) is 18.1 Å². The summed E-state index contributed by atoms with van der Waals surface area (Å²) in [5.74, 6) is 0.433. The second kappa shape index (κ2) is 7.61. The smallest absolute Gasteiger partial charge is 0.320 e. The maximum Gasteiger partial charge on any atom is 0.320 e. The van der Waals surface area contributed by atoms with E-state index in [2.05, 4.69) is 20.6 Å². The molecular weight excluding hydrogens is 286 g/mol. The van der Waals surface area contributed by atoms with E-state index in [4.69, 9.17) is 5.14 Å². The van der Waals surface area contributed by atoms with E-state index < -0.39 is 0 Å². The molecule has 2 amide bonds. The third-order valence-corrected chi connectivity index (χ3v) is 3.33. The third kappa shape index (κ3) is 5.05. The number of urea groups is 1. The number of aryl methyl sites for hydroxylation is 1. The maximum atomic E-state index is 11.7. The van der Waals surface area contributed by atoms with Crippen LogP contribution in [0, 0.1) is 6.92 Å². The number of nitrogens with two attached hydrogens (primary N) is 1. The van der Waals surface area contributed by atoms with Gasteiger partial charge in [0, 0.05) is 11.4 Å². The van der Waals surface area contributed by atoms with Crippen molar-refractivity contribution < 1.29 is 4.79 Å². The van der Waals surface area contributed by atoms with Crippen LogP contribution in [-0.4, -0.2) is 22.5 Å². The summed E-state index contributed by atoms with van der Waals surface area (Å²) in [4.78, 5) is 20.8. The molecule has 0 bridgehead atoms. The molecule has 1 aromatic carbocycles. The highest BCUT2D eigenvalue weighted by Gasteiger charge is 2.02. The Morgan fingerprint density at radius 2 is 2.00 bits per heavy atom. The van der Waals surface area contributed by atoms with Gasteiger partial charge in [0.1, 0.15) is 0 Å². The molecule has 0 spiro atoms. The average molecular weight is 303 g/mol. The highest BCUT2D eigenvalue weighted by molar-refractivity contribution is 7.97. The standard InChI is InChI=1S/C14H17N5OS/c1-10-8-18-13(9-17-10)19-14(20)16-7-6-11-2-4-12(21-15)5-3-11/h2-5,8-9H,6-7,15H2,1H3,(H2,16,18,19,20). The summed E-state index contributed by atoms with van der Waals surface area (Å²) in [6, 6.07) is 7.63. The highest BCUT2D eigenvalue weighted by Crippen LogP contribution is 2.12. The number of anilines is 1. The predicted molar refractivity (Wildman–Crippen MR) is 84.0 cm³/mol. The fraction of sp³-hybridized carbons (Fsp3) is 0.214. The maximum absolute atomic E-state index is 11.7. The molecule has 0 atom stereocenters. The molecule has 21 heavy (non-hydrogen) atoms. The molecule has 0 aliphatic heterocycles. The molecule has 0 unspecified atom stereocenters. The Hall–Kier alpha value is -2.12. The first-order chi connectivity index (χ1) is 10.2. The van der Waals surface area contributed by atoms with Crippen LogP contribution in [0.3, 0.4) is 0 Å². The van der Waals surface area contributed by atoms with Gasteiger partial charge in [0.15, 0.2) is 5.82 Å². The quantitative estimate of drug-likeness (QED) is 0.736. The fourth-order valence-corrected chi connectivity index (χ4v) is 1.97. The minimum Gasteiger partial charge on any atom is -0.337 e. The predicted octanol–water partition coefficient (Wildman–Crippen LogP) is 2.12. The Kier molecular flexibility index (Phi) is 5.53. The van der Waals surface area contributed by atoms with Crippen LogP contribution in [0.1, 0.15) is 11.3 Å². The molecule has 0 aliphatic carbocycles. The van der Waals surface area contributed by atoms with E-state index in [1.54, 1.807) is 6.20 Å². The number of nitrogens with one attached hydrogen (secondary N) is 2. The Labute approximate surface area is 127 Å². The number of rotatable bonds is 5. The van der Waals surface area contributed by atoms with Crippen molar-refractivity contribution in [3.05, 3.63) is 47.9 Å². The third-order valence-electron chi connectivity index (χ3n) is 2.78. The molecule has 1 heterocycles. The zero-order chi connectivity index (χ0) is 15.1. The van der Waals surface area contributed by atoms with E-state index in [1.165, 1.54) is 18.1 Å². The van der Waals surface area contributed by atoms with Gasteiger partial charge in [0.2, 0.25) is 0 Å². The van der Waals surface area contributed by atoms with Crippen LogP contribution < -0.4 is 15.8 Å². The SMILES string of the molecule is Cc1cnc(NC(=O)NCCc2ccc(SN)cc2)cn1. The van der Waals surface area contributed by atoms with Crippen LogP contribution >= 0.6 is 11.9 Å². The molecule has 0 saturated carbocycles. The second-order valence-corrected chi connectivity index (χ2v) is 5.14. The Bertz CT molecular complexity index is 585. The summed E-state index contributed by atoms with van der Waals surface area (Å²) in [7, 11) is 0. The van der Waals surface area contributed by atoms with Crippen LogP contribution in [0.2, 0.25) is 0 Å². The lowest BCUT2D eigenvalue weighted by Crippen LogP contribution is -2.30. The van der Waals surface area contributed by atoms with Crippen molar-refractivity contribution in [1.29, 1.82) is 0 Å². The first-order valence-corrected chi connectivity index (χ1v) is 7.34. The summed E-state index contributed by atoms with van der Waals surface area (Å²) in [5, 5.41) is 10.9. The lowest BCUT2D eigenvalue weighted by atomic mass is 10.1. The molecule has 7 heteroatoms. The van der Waals surface area contributed by atoms with Crippen molar-refractivity contribution in [2.24, 2.45) is 5.14 Å². The van der Waals surface area contributed by atoms with E-state index in [9.17, 15) is 4.79 Å². The van der Waals surface area contributed by atoms with E-state index in [0.717, 1.165) is 22.6 Å². The normalized spacial score (nSPS) is 10.2. The van der Waals surface area contributed by atoms with Crippen LogP contribution in [0.5, 0.6) is 0 Å². The minimum atomic E-state index is -0.290. The number of hydrogen-bond acceptors (Lipinski definition) is 5. The van der Waals surface area contributed by atoms with E-state index in [1.807, 2.05) is 31.2 Å². The molecule has 0 fully saturated rings. The number of carbonyl (C=O) groups excluding carboxylic acids is 1. The van der Waals surface area contributed by atoms with Gasteiger partial charge in [-0.05, 0) is 43.0 Å². The van der Waals surface area contributed by atoms with Crippen LogP contribution in [0.15, 0.2) is 41.6 Å². The lowest BCUT2D eigenvalue weighted by molar-refractivity contribution is 0.252. The number of amides is 2. The first kappa shape index (κ1) is 15.3. The Balaban J connectivity index is 1.74. The molecule has 4 N–H and O–H groups in total. The molecule has 0 radical (unpaired) electrons. The minimum absolute atomic E-state index is 0.290. The highest BCUT2D eigenvalue weighted by atomic mass is 32.2. The Morgan fingerprint density at radius 3 is 2.62 bits per heavy atom. The Morgan fingerprint density at radius 1 is 1.24 bits per heavy atom. The number of benzene rings is 1. The lowest BCUT2D eigenvalue weighted by Gasteiger charge is -2.07. The van der Waals surface area contributed by atoms with Gasteiger partial charge in [-0.25, -0.2) is 9.78 Å². The molecule has 2 rings (SSSR count). The van der Waals surface area contributed by atoms with Crippen molar-refractivity contribution >= 4 is 23.8 Å². The summed E-state index contributed by atoms with van der Waals surface area (Å²) < 4.78 is 0. The summed E-state index contributed by atoms with van der Waals surface area (Å²) >= 11 is 1.22. The van der Waals surface area contributed by atoms with E-state index in [0.29, 0.717) is 12.4 Å². The molecule has 2 aromatic rings. The largest absolute Gasteiger partial charge is 0.337 e. The van der Waals surface area contributed by atoms with Crippen molar-refractivity contribution in [1.82, 2.24) is 15.3 Å². The van der Waals surface area contributed by atoms with Gasteiger partial charge >= 0.3 is 6.03 Å². The number of hydrogen-bond donors (Lipinski definition) is 3. The number of nitrogens with zero attached hydrogens (tertiary/aromatic N) is 2. The molecule has 0 saturated heterocycles. The summed E-state index contributed by atoms with van der Waals surface area (Å²) in [6.07, 6.45) is 3.88. The van der Waals surface area contributed by atoms with Gasteiger partial charge in [-0.1, -0.05) is 12.1 Å². The summed E-state index contributed by atoms with van der Waals surface area (Å²) in [5.41, 5.74) is 1.95. The van der Waals surface area contributed by atoms with Gasteiger partial charge < -0.3 is 5.32 Å². The van der Waals surface area contributed by atoms with Gasteiger partial charge in [-0.2, -0.15) is 0 Å². The first-order valence-electron chi connectivity index (χ1n) is 6.46. The number of carbonyl (C=O) groups is 1. The monoisotopic (exact) mass is 303 g/mol. The average Bonchev–Trinajstić information content (AvgIpc) is 2.50. The van der Waals surface area contributed by atoms with Gasteiger partial charge in [0.25, 0.3) is 0 Å². The molecular formula is C14H17N5OS. The second-order valence-electron chi connectivity index (χ2n) is 4.44. The van der Waals surface area contributed by atoms with Gasteiger partial charge in [-0.3, -0.25) is 15.4 Å². The zero-order valence-corrected chi connectivity index (χ0v) is 12.5. The van der Waals surface area contributed by atoms with Crippen molar-refractivity contribution in [2.75, 3.05) is 11.9 Å². The molecule has 1 aromatic heterocycles. The van der Waals surface area contributed by atoms with Crippen molar-refractivity contribution in [2.45, 2.75) is 18.2 Å². The topological polar surface area (TPSA) is 92.9 Å². The molecule has 6 nitrogen and oxygen atoms in total. The van der Waals surface area contributed by atoms with Crippen LogP contribution in [0.25, 0.3) is 0 Å². The molecule has 0 aliphatic rings. The zero-order valence-electron chi connectivity index (χ0n) is 11.7. The van der Waals surface area contributed by atoms with E-state index >= 15 is 0 Å². The number of aromatic nitrogens is 2. The van der Waals surface area contributed by atoms with Crippen LogP contribution in [-0.2, 0) is 6.42 Å². The van der Waals surface area contributed by atoms with Crippen molar-refractivity contribution in [3.63, 3.8) is 0 Å². The summed E-state index contributed by atoms with van der Waals surface area (Å²) in [6.45, 7) is 2.38. The fourth-order valence-electron chi connectivity index (χ4n) is 1.67.